The Hall–Kier alpha value is -3.85. The highest BCUT2D eigenvalue weighted by molar-refractivity contribution is 7.13. The molecule has 7 nitrogen and oxygen atoms in total. The maximum atomic E-state index is 13.1. The van der Waals surface area contributed by atoms with E-state index in [1.165, 1.54) is 35.6 Å². The first-order valence-corrected chi connectivity index (χ1v) is 11.6. The van der Waals surface area contributed by atoms with Gasteiger partial charge in [-0.1, -0.05) is 13.0 Å². The summed E-state index contributed by atoms with van der Waals surface area (Å²) in [4.78, 5) is 27.7. The summed E-state index contributed by atoms with van der Waals surface area (Å²) in [5.41, 5.74) is 0.833. The first-order chi connectivity index (χ1) is 16.5. The van der Waals surface area contributed by atoms with Gasteiger partial charge in [-0.05, 0) is 66.4 Å². The molecule has 0 atom stereocenters. The maximum absolute atomic E-state index is 13.1. The van der Waals surface area contributed by atoms with Crippen molar-refractivity contribution in [3.63, 3.8) is 0 Å². The van der Waals surface area contributed by atoms with Crippen molar-refractivity contribution in [1.82, 2.24) is 15.1 Å². The molecule has 0 radical (unpaired) electrons. The van der Waals surface area contributed by atoms with Gasteiger partial charge in [-0.25, -0.2) is 4.39 Å². The summed E-state index contributed by atoms with van der Waals surface area (Å²) >= 11 is 1.50. The second kappa shape index (κ2) is 10.8. The monoisotopic (exact) mass is 479 g/mol. The van der Waals surface area contributed by atoms with Crippen LogP contribution in [0.3, 0.4) is 0 Å². The Morgan fingerprint density at radius 1 is 1.03 bits per heavy atom. The van der Waals surface area contributed by atoms with Crippen LogP contribution < -0.4 is 4.74 Å². The molecule has 2 aromatic carbocycles. The molecule has 0 N–H and O–H groups in total. The summed E-state index contributed by atoms with van der Waals surface area (Å²) in [6, 6.07) is 15.6. The lowest BCUT2D eigenvalue weighted by atomic mass is 10.0. The number of ether oxygens (including phenoxy) is 1. The standard InChI is InChI=1S/C25H22FN3O4S/c1-2-13-29(15-22-27-28-25(33-22)21-4-3-14-34-21)23(30)16-32-20-11-7-18(8-12-20)24(31)17-5-9-19(26)10-6-17/h3-12,14H,2,13,15-16H2,1H3. The van der Waals surface area contributed by atoms with Gasteiger partial charge < -0.3 is 14.1 Å². The van der Waals surface area contributed by atoms with Gasteiger partial charge in [0.05, 0.1) is 11.4 Å². The molecule has 4 rings (SSSR count). The number of aromatic nitrogens is 2. The normalized spacial score (nSPS) is 10.8. The summed E-state index contributed by atoms with van der Waals surface area (Å²) in [7, 11) is 0. The van der Waals surface area contributed by atoms with Crippen LogP contribution >= 0.6 is 11.3 Å². The number of benzene rings is 2. The van der Waals surface area contributed by atoms with Gasteiger partial charge in [-0.15, -0.1) is 21.5 Å². The van der Waals surface area contributed by atoms with E-state index in [1.807, 2.05) is 24.4 Å². The summed E-state index contributed by atoms with van der Waals surface area (Å²) in [6.07, 6.45) is 0.762. The molecule has 0 aliphatic heterocycles. The predicted octanol–water partition coefficient (Wildman–Crippen LogP) is 4.99. The number of nitrogens with zero attached hydrogens (tertiary/aromatic N) is 3. The molecular weight excluding hydrogens is 457 g/mol. The van der Waals surface area contributed by atoms with Crippen molar-refractivity contribution in [3.8, 4) is 16.5 Å². The zero-order valence-corrected chi connectivity index (χ0v) is 19.3. The van der Waals surface area contributed by atoms with E-state index in [1.54, 1.807) is 29.2 Å². The van der Waals surface area contributed by atoms with Crippen LogP contribution in [0, 0.1) is 5.82 Å². The second-order valence-electron chi connectivity index (χ2n) is 7.44. The first-order valence-electron chi connectivity index (χ1n) is 10.7. The van der Waals surface area contributed by atoms with Crippen LogP contribution in [0.15, 0.2) is 70.5 Å². The molecule has 4 aromatic rings. The third-order valence-corrected chi connectivity index (χ3v) is 5.81. The number of amides is 1. The summed E-state index contributed by atoms with van der Waals surface area (Å²) < 4.78 is 24.4. The number of hydrogen-bond acceptors (Lipinski definition) is 7. The highest BCUT2D eigenvalue weighted by Crippen LogP contribution is 2.23. The Balaban J connectivity index is 1.34. The zero-order valence-electron chi connectivity index (χ0n) is 18.4. The van der Waals surface area contributed by atoms with Gasteiger partial charge in [0.2, 0.25) is 5.89 Å². The minimum Gasteiger partial charge on any atom is -0.484 e. The molecule has 0 aliphatic carbocycles. The van der Waals surface area contributed by atoms with Gasteiger partial charge >= 0.3 is 0 Å². The zero-order chi connectivity index (χ0) is 23.9. The lowest BCUT2D eigenvalue weighted by molar-refractivity contribution is -0.134. The number of halogens is 1. The van der Waals surface area contributed by atoms with Gasteiger partial charge in [0.1, 0.15) is 11.6 Å². The third-order valence-electron chi connectivity index (χ3n) is 4.96. The smallest absolute Gasteiger partial charge is 0.260 e. The van der Waals surface area contributed by atoms with Gasteiger partial charge in [-0.3, -0.25) is 9.59 Å². The molecule has 174 valence electrons. The van der Waals surface area contributed by atoms with Crippen molar-refractivity contribution in [1.29, 1.82) is 0 Å². The van der Waals surface area contributed by atoms with E-state index in [4.69, 9.17) is 9.15 Å². The predicted molar refractivity (Wildman–Crippen MR) is 125 cm³/mol. The highest BCUT2D eigenvalue weighted by atomic mass is 32.1. The van der Waals surface area contributed by atoms with Crippen molar-refractivity contribution in [2.75, 3.05) is 13.2 Å². The first kappa shape index (κ1) is 23.3. The molecule has 0 aliphatic rings. The van der Waals surface area contributed by atoms with Crippen molar-refractivity contribution < 1.29 is 23.1 Å². The van der Waals surface area contributed by atoms with E-state index in [0.717, 1.165) is 11.3 Å². The van der Waals surface area contributed by atoms with Crippen LogP contribution in [-0.2, 0) is 11.3 Å². The summed E-state index contributed by atoms with van der Waals surface area (Å²) in [5, 5.41) is 10.0. The lowest BCUT2D eigenvalue weighted by Gasteiger charge is -2.20. The highest BCUT2D eigenvalue weighted by Gasteiger charge is 2.18. The van der Waals surface area contributed by atoms with Crippen molar-refractivity contribution >= 4 is 23.0 Å². The number of hydrogen-bond donors (Lipinski definition) is 0. The molecule has 1 amide bonds. The number of ketones is 1. The SMILES string of the molecule is CCCN(Cc1nnc(-c2cccs2)o1)C(=O)COc1ccc(C(=O)c2ccc(F)cc2)cc1. The molecule has 0 unspecified atom stereocenters. The quantitative estimate of drug-likeness (QED) is 0.298. The Bertz CT molecular complexity index is 1240. The van der Waals surface area contributed by atoms with Gasteiger partial charge in [-0.2, -0.15) is 0 Å². The minimum absolute atomic E-state index is 0.169. The average molecular weight is 480 g/mol. The van der Waals surface area contributed by atoms with Gasteiger partial charge in [0, 0.05) is 17.7 Å². The summed E-state index contributed by atoms with van der Waals surface area (Å²) in [6.45, 7) is 2.52. The molecule has 2 aromatic heterocycles. The van der Waals surface area contributed by atoms with Crippen molar-refractivity contribution in [3.05, 3.63) is 88.9 Å². The molecule has 0 saturated carbocycles. The van der Waals surface area contributed by atoms with Crippen LogP contribution in [0.5, 0.6) is 5.75 Å². The van der Waals surface area contributed by atoms with Crippen molar-refractivity contribution in [2.24, 2.45) is 0 Å². The van der Waals surface area contributed by atoms with Gasteiger partial charge in [0.25, 0.3) is 11.8 Å². The van der Waals surface area contributed by atoms with Crippen LogP contribution in [0.25, 0.3) is 10.8 Å². The van der Waals surface area contributed by atoms with E-state index in [-0.39, 0.29) is 24.8 Å². The second-order valence-corrected chi connectivity index (χ2v) is 8.39. The average Bonchev–Trinajstić information content (AvgIpc) is 3.55. The van der Waals surface area contributed by atoms with E-state index in [9.17, 15) is 14.0 Å². The lowest BCUT2D eigenvalue weighted by Crippen LogP contribution is -2.35. The molecule has 34 heavy (non-hydrogen) atoms. The van der Waals surface area contributed by atoms with E-state index >= 15 is 0 Å². The fraction of sp³-hybridized carbons (Fsp3) is 0.200. The van der Waals surface area contributed by atoms with Crippen molar-refractivity contribution in [2.45, 2.75) is 19.9 Å². The van der Waals surface area contributed by atoms with Crippen LogP contribution in [0.2, 0.25) is 0 Å². The summed E-state index contributed by atoms with van der Waals surface area (Å²) in [5.74, 6) is 0.402. The largest absolute Gasteiger partial charge is 0.484 e. The van der Waals surface area contributed by atoms with E-state index < -0.39 is 5.82 Å². The van der Waals surface area contributed by atoms with E-state index in [2.05, 4.69) is 10.2 Å². The van der Waals surface area contributed by atoms with E-state index in [0.29, 0.717) is 35.2 Å². The number of carbonyl (C=O) groups excluding carboxylic acids is 2. The number of carbonyl (C=O) groups is 2. The fourth-order valence-electron chi connectivity index (χ4n) is 3.25. The molecule has 0 fully saturated rings. The Morgan fingerprint density at radius 3 is 2.38 bits per heavy atom. The fourth-order valence-corrected chi connectivity index (χ4v) is 3.89. The molecule has 2 heterocycles. The molecular formula is C25H22FN3O4S. The van der Waals surface area contributed by atoms with Crippen LogP contribution in [-0.4, -0.2) is 39.9 Å². The Morgan fingerprint density at radius 2 is 1.74 bits per heavy atom. The number of rotatable bonds is 10. The minimum atomic E-state index is -0.399. The topological polar surface area (TPSA) is 85.5 Å². The molecule has 9 heteroatoms. The maximum Gasteiger partial charge on any atom is 0.260 e. The van der Waals surface area contributed by atoms with Crippen LogP contribution in [0.1, 0.15) is 35.2 Å². The molecule has 0 spiro atoms. The van der Waals surface area contributed by atoms with Crippen LogP contribution in [0.4, 0.5) is 4.39 Å². The number of thiophene rings is 1. The third kappa shape index (κ3) is 5.74. The molecule has 0 saturated heterocycles. The van der Waals surface area contributed by atoms with Gasteiger partial charge in [0.15, 0.2) is 12.4 Å². The Kier molecular flexibility index (Phi) is 7.44. The molecule has 0 bridgehead atoms. The Labute approximate surface area is 199 Å².